The average molecular weight is 349 g/mol. The van der Waals surface area contributed by atoms with E-state index in [4.69, 9.17) is 4.74 Å². The Hall–Kier alpha value is -2.19. The van der Waals surface area contributed by atoms with Crippen LogP contribution in [-0.4, -0.2) is 64.3 Å². The minimum Gasteiger partial charge on any atom is -0.417 e. The molecule has 0 aromatic heterocycles. The van der Waals surface area contributed by atoms with Gasteiger partial charge in [-0.1, -0.05) is 6.92 Å². The van der Waals surface area contributed by atoms with Crippen LogP contribution in [0, 0.1) is 5.82 Å². The Bertz CT molecular complexity index is 650. The minimum atomic E-state index is -1.04. The van der Waals surface area contributed by atoms with Crippen molar-refractivity contribution in [3.63, 3.8) is 0 Å². The highest BCUT2D eigenvalue weighted by atomic mass is 19.1. The molecule has 2 aliphatic rings. The lowest BCUT2D eigenvalue weighted by Gasteiger charge is -2.30. The van der Waals surface area contributed by atoms with Gasteiger partial charge in [-0.15, -0.1) is 0 Å². The first kappa shape index (κ1) is 17.6. The van der Waals surface area contributed by atoms with Crippen molar-refractivity contribution >= 4 is 24.2 Å². The molecule has 2 N–H and O–H groups in total. The fourth-order valence-electron chi connectivity index (χ4n) is 3.13. The van der Waals surface area contributed by atoms with Gasteiger partial charge in [0.15, 0.2) is 0 Å². The van der Waals surface area contributed by atoms with Crippen LogP contribution in [0.25, 0.3) is 0 Å². The molecule has 1 aromatic rings. The van der Waals surface area contributed by atoms with E-state index in [2.05, 4.69) is 22.3 Å². The Morgan fingerprint density at radius 1 is 1.44 bits per heavy atom. The van der Waals surface area contributed by atoms with E-state index in [9.17, 15) is 9.18 Å². The predicted octanol–water partition coefficient (Wildman–Crippen LogP) is 1.20. The molecule has 0 spiro atoms. The summed E-state index contributed by atoms with van der Waals surface area (Å²) < 4.78 is 20.0. The highest BCUT2D eigenvalue weighted by molar-refractivity contribution is 5.90. The van der Waals surface area contributed by atoms with Crippen molar-refractivity contribution in [2.45, 2.75) is 12.6 Å². The van der Waals surface area contributed by atoms with Gasteiger partial charge < -0.3 is 20.3 Å². The number of ether oxygens (including phenoxy) is 1. The van der Waals surface area contributed by atoms with Gasteiger partial charge in [0.05, 0.1) is 24.5 Å². The van der Waals surface area contributed by atoms with Gasteiger partial charge in [0.1, 0.15) is 5.82 Å². The molecule has 3 rings (SSSR count). The Labute approximate surface area is 146 Å². The Morgan fingerprint density at radius 2 is 2.20 bits per heavy atom. The first-order valence-electron chi connectivity index (χ1n) is 8.53. The van der Waals surface area contributed by atoms with Crippen LogP contribution in [0.4, 0.5) is 20.6 Å². The lowest BCUT2D eigenvalue weighted by atomic mass is 10.2. The summed E-state index contributed by atoms with van der Waals surface area (Å²) in [5.41, 5.74) is -0.0252. The van der Waals surface area contributed by atoms with Crippen molar-refractivity contribution in [2.24, 2.45) is 4.99 Å². The first-order chi connectivity index (χ1) is 12.1. The molecule has 1 aromatic carbocycles. The Kier molecular flexibility index (Phi) is 5.19. The zero-order valence-electron chi connectivity index (χ0n) is 14.4. The molecule has 0 radical (unpaired) electrons. The zero-order valence-corrected chi connectivity index (χ0v) is 14.4. The van der Waals surface area contributed by atoms with Crippen LogP contribution in [0.2, 0.25) is 0 Å². The Balaban J connectivity index is 1.78. The molecule has 0 unspecified atom stereocenters. The van der Waals surface area contributed by atoms with Gasteiger partial charge in [0.25, 0.3) is 0 Å². The van der Waals surface area contributed by atoms with E-state index < -0.39 is 11.8 Å². The summed E-state index contributed by atoms with van der Waals surface area (Å²) in [6.45, 7) is 9.97. The van der Waals surface area contributed by atoms with Crippen LogP contribution < -0.4 is 20.4 Å². The molecule has 0 aliphatic carbocycles. The number of carbonyl (C=O) groups is 1. The second kappa shape index (κ2) is 7.37. The van der Waals surface area contributed by atoms with Crippen LogP contribution in [-0.2, 0) is 4.74 Å². The van der Waals surface area contributed by atoms with Crippen molar-refractivity contribution < 1.29 is 13.9 Å². The van der Waals surface area contributed by atoms with Crippen LogP contribution in [0.1, 0.15) is 6.92 Å². The average Bonchev–Trinajstić information content (AvgIpc) is 2.98. The number of rotatable bonds is 6. The SMILES string of the molecule is C=N[C@]1(CNCC)CN(c2ccc(N3CCNCC3)c(F)c2)C(=O)O1. The minimum absolute atomic E-state index is 0.203. The lowest BCUT2D eigenvalue weighted by molar-refractivity contribution is 0.0653. The van der Waals surface area contributed by atoms with Crippen molar-refractivity contribution in [1.82, 2.24) is 10.6 Å². The van der Waals surface area contributed by atoms with Gasteiger partial charge in [-0.25, -0.2) is 9.18 Å². The summed E-state index contributed by atoms with van der Waals surface area (Å²) in [6, 6.07) is 4.84. The molecular formula is C17H24FN5O2. The Morgan fingerprint density at radius 3 is 2.84 bits per heavy atom. The van der Waals surface area contributed by atoms with Crippen molar-refractivity contribution in [1.29, 1.82) is 0 Å². The smallest absolute Gasteiger partial charge is 0.416 e. The second-order valence-electron chi connectivity index (χ2n) is 6.21. The van der Waals surface area contributed by atoms with E-state index in [0.717, 1.165) is 32.7 Å². The van der Waals surface area contributed by atoms with E-state index in [1.54, 1.807) is 12.1 Å². The number of aliphatic imine (C=N–C) groups is 1. The van der Waals surface area contributed by atoms with Gasteiger partial charge >= 0.3 is 6.09 Å². The van der Waals surface area contributed by atoms with Gasteiger partial charge in [0, 0.05) is 26.2 Å². The van der Waals surface area contributed by atoms with Gasteiger partial charge in [0.2, 0.25) is 5.72 Å². The maximum Gasteiger partial charge on any atom is 0.416 e. The normalized spacial score (nSPS) is 23.7. The number of halogens is 1. The number of anilines is 2. The maximum atomic E-state index is 14.6. The number of amides is 1. The standard InChI is InChI=1S/C17H24FN5O2/c1-3-20-11-17(19-2)12-23(16(24)25-17)13-4-5-15(14(18)10-13)22-8-6-21-7-9-22/h4-5,10,20-21H,2-3,6-9,11-12H2,1H3/t17-/m0/s1. The van der Waals surface area contributed by atoms with Gasteiger partial charge in [-0.3, -0.25) is 9.89 Å². The van der Waals surface area contributed by atoms with E-state index in [1.165, 1.54) is 11.0 Å². The molecule has 136 valence electrons. The number of hydrogen-bond acceptors (Lipinski definition) is 6. The maximum absolute atomic E-state index is 14.6. The van der Waals surface area contributed by atoms with Crippen molar-refractivity contribution in [2.75, 3.05) is 55.6 Å². The number of nitrogens with one attached hydrogen (secondary N) is 2. The number of likely N-dealkylation sites (N-methyl/N-ethyl adjacent to an activating group) is 1. The topological polar surface area (TPSA) is 69.2 Å². The number of piperazine rings is 1. The van der Waals surface area contributed by atoms with Crippen LogP contribution in [0.5, 0.6) is 0 Å². The predicted molar refractivity (Wildman–Crippen MR) is 96.1 cm³/mol. The number of hydrogen-bond donors (Lipinski definition) is 2. The number of benzene rings is 1. The van der Waals surface area contributed by atoms with Crippen LogP contribution in [0.3, 0.4) is 0 Å². The monoisotopic (exact) mass is 349 g/mol. The molecule has 0 bridgehead atoms. The molecule has 1 amide bonds. The summed E-state index contributed by atoms with van der Waals surface area (Å²) in [4.78, 5) is 19.6. The highest BCUT2D eigenvalue weighted by Crippen LogP contribution is 2.31. The summed E-state index contributed by atoms with van der Waals surface area (Å²) in [5, 5.41) is 6.36. The highest BCUT2D eigenvalue weighted by Gasteiger charge is 2.45. The molecule has 2 aliphatic heterocycles. The second-order valence-corrected chi connectivity index (χ2v) is 6.21. The molecule has 25 heavy (non-hydrogen) atoms. The molecule has 0 saturated carbocycles. The number of nitrogens with zero attached hydrogens (tertiary/aromatic N) is 3. The third kappa shape index (κ3) is 3.59. The fraction of sp³-hybridized carbons (Fsp3) is 0.529. The van der Waals surface area contributed by atoms with E-state index in [0.29, 0.717) is 17.9 Å². The van der Waals surface area contributed by atoms with E-state index in [-0.39, 0.29) is 12.4 Å². The number of cyclic esters (lactones) is 1. The molecular weight excluding hydrogens is 325 g/mol. The molecule has 8 heteroatoms. The summed E-state index contributed by atoms with van der Waals surface area (Å²) in [6.07, 6.45) is -0.542. The van der Waals surface area contributed by atoms with Crippen LogP contribution in [0.15, 0.2) is 23.2 Å². The first-order valence-corrected chi connectivity index (χ1v) is 8.53. The summed E-state index contributed by atoms with van der Waals surface area (Å²) in [5.74, 6) is -0.344. The molecule has 2 fully saturated rings. The third-order valence-corrected chi connectivity index (χ3v) is 4.54. The molecule has 2 heterocycles. The van der Waals surface area contributed by atoms with E-state index in [1.807, 2.05) is 11.8 Å². The third-order valence-electron chi connectivity index (χ3n) is 4.54. The molecule has 2 saturated heterocycles. The molecule has 1 atom stereocenters. The lowest BCUT2D eigenvalue weighted by Crippen LogP contribution is -2.44. The van der Waals surface area contributed by atoms with Crippen molar-refractivity contribution in [3.8, 4) is 0 Å². The number of carbonyl (C=O) groups excluding carboxylic acids is 1. The van der Waals surface area contributed by atoms with Gasteiger partial charge in [-0.05, 0) is 31.5 Å². The van der Waals surface area contributed by atoms with Gasteiger partial charge in [-0.2, -0.15) is 0 Å². The summed E-state index contributed by atoms with van der Waals surface area (Å²) in [7, 11) is 0. The quantitative estimate of drug-likeness (QED) is 0.756. The fourth-order valence-corrected chi connectivity index (χ4v) is 3.13. The zero-order chi connectivity index (χ0) is 17.9. The summed E-state index contributed by atoms with van der Waals surface area (Å²) >= 11 is 0. The largest absolute Gasteiger partial charge is 0.417 e. The van der Waals surface area contributed by atoms with E-state index >= 15 is 0 Å². The molecule has 7 nitrogen and oxygen atoms in total. The van der Waals surface area contributed by atoms with Crippen LogP contribution >= 0.6 is 0 Å². The van der Waals surface area contributed by atoms with Crippen molar-refractivity contribution in [3.05, 3.63) is 24.0 Å².